The molecule has 0 aliphatic heterocycles. The van der Waals surface area contributed by atoms with Crippen molar-refractivity contribution in [2.75, 3.05) is 0 Å². The quantitative estimate of drug-likeness (QED) is 0.166. The third-order valence-electron chi connectivity index (χ3n) is 13.9. The summed E-state index contributed by atoms with van der Waals surface area (Å²) in [4.78, 5) is 10.8. The van der Waals surface area contributed by atoms with Gasteiger partial charge in [-0.05, 0) is 132 Å². The highest BCUT2D eigenvalue weighted by atomic mass is 32.1. The minimum Gasteiger partial charge on any atom is -0.228 e. The number of fused-ring (bicyclic) bond motifs is 8. The first-order chi connectivity index (χ1) is 32.4. The van der Waals surface area contributed by atoms with Crippen molar-refractivity contribution in [3.8, 4) is 78.4 Å². The van der Waals surface area contributed by atoms with Gasteiger partial charge in [0, 0.05) is 42.3 Å². The lowest BCUT2D eigenvalue weighted by atomic mass is 9.81. The highest BCUT2D eigenvalue weighted by Gasteiger charge is 2.37. The molecule has 0 fully saturated rings. The molecule has 0 unspecified atom stereocenters. The van der Waals surface area contributed by atoms with Gasteiger partial charge < -0.3 is 0 Å². The molecular formula is C63H42N2S. The van der Waals surface area contributed by atoms with Gasteiger partial charge in [0.05, 0.1) is 11.4 Å². The molecular weight excluding hydrogens is 817 g/mol. The van der Waals surface area contributed by atoms with Gasteiger partial charge in [-0.15, -0.1) is 11.3 Å². The van der Waals surface area contributed by atoms with E-state index in [1.54, 1.807) is 0 Å². The molecule has 0 atom stereocenters. The van der Waals surface area contributed by atoms with Gasteiger partial charge in [-0.3, -0.25) is 0 Å². The minimum atomic E-state index is -0.131. The fourth-order valence-electron chi connectivity index (χ4n) is 10.5. The summed E-state index contributed by atoms with van der Waals surface area (Å²) in [5.74, 6) is 0.695. The summed E-state index contributed by atoms with van der Waals surface area (Å²) in [6.07, 6.45) is 0. The zero-order valence-corrected chi connectivity index (χ0v) is 37.4. The molecule has 0 amide bonds. The van der Waals surface area contributed by atoms with Gasteiger partial charge >= 0.3 is 0 Å². The molecule has 1 aliphatic carbocycles. The van der Waals surface area contributed by atoms with Crippen molar-refractivity contribution in [1.29, 1.82) is 0 Å². The van der Waals surface area contributed by atoms with E-state index in [4.69, 9.17) is 9.97 Å². The van der Waals surface area contributed by atoms with Crippen LogP contribution in [0.3, 0.4) is 0 Å². The van der Waals surface area contributed by atoms with Crippen LogP contribution in [0.15, 0.2) is 218 Å². The molecule has 3 heteroatoms. The first-order valence-corrected chi connectivity index (χ1v) is 23.5. The molecule has 0 N–H and O–H groups in total. The highest BCUT2D eigenvalue weighted by molar-refractivity contribution is 7.25. The predicted octanol–water partition coefficient (Wildman–Crippen LogP) is 17.5. The van der Waals surface area contributed by atoms with Crippen LogP contribution in [0.25, 0.3) is 120 Å². The second-order valence-corrected chi connectivity index (χ2v) is 19.2. The summed E-state index contributed by atoms with van der Waals surface area (Å²) in [7, 11) is 0. The monoisotopic (exact) mass is 858 g/mol. The lowest BCUT2D eigenvalue weighted by Gasteiger charge is -2.22. The number of rotatable bonds is 6. The normalized spacial score (nSPS) is 12.8. The van der Waals surface area contributed by atoms with Crippen molar-refractivity contribution >= 4 is 53.1 Å². The van der Waals surface area contributed by atoms with Crippen LogP contribution in [0.2, 0.25) is 0 Å². The summed E-state index contributed by atoms with van der Waals surface area (Å²) in [6, 6.07) is 79.7. The molecule has 0 bridgehead atoms. The Morgan fingerprint density at radius 2 is 0.939 bits per heavy atom. The molecule has 0 radical (unpaired) electrons. The van der Waals surface area contributed by atoms with Crippen molar-refractivity contribution in [2.24, 2.45) is 0 Å². The minimum absolute atomic E-state index is 0.131. The van der Waals surface area contributed by atoms with E-state index in [-0.39, 0.29) is 5.41 Å². The van der Waals surface area contributed by atoms with Crippen LogP contribution in [0.1, 0.15) is 25.0 Å². The maximum Gasteiger partial charge on any atom is 0.160 e. The molecule has 2 aromatic heterocycles. The van der Waals surface area contributed by atoms with E-state index < -0.39 is 0 Å². The molecule has 10 aromatic carbocycles. The second-order valence-electron chi connectivity index (χ2n) is 18.1. The molecule has 0 saturated carbocycles. The maximum absolute atomic E-state index is 5.40. The van der Waals surface area contributed by atoms with Crippen LogP contribution >= 0.6 is 11.3 Å². The number of nitrogens with zero attached hydrogens (tertiary/aromatic N) is 2. The lowest BCUT2D eigenvalue weighted by molar-refractivity contribution is 0.661. The van der Waals surface area contributed by atoms with Crippen molar-refractivity contribution in [1.82, 2.24) is 9.97 Å². The summed E-state index contributed by atoms with van der Waals surface area (Å²) >= 11 is 1.85. The van der Waals surface area contributed by atoms with E-state index in [0.717, 1.165) is 50.2 Å². The van der Waals surface area contributed by atoms with Crippen molar-refractivity contribution in [3.05, 3.63) is 230 Å². The van der Waals surface area contributed by atoms with Gasteiger partial charge in [-0.2, -0.15) is 0 Å². The van der Waals surface area contributed by atoms with Crippen LogP contribution in [0.5, 0.6) is 0 Å². The summed E-state index contributed by atoms with van der Waals surface area (Å²) in [5, 5.41) is 7.48. The molecule has 66 heavy (non-hydrogen) atoms. The van der Waals surface area contributed by atoms with Gasteiger partial charge in [0.2, 0.25) is 0 Å². The Morgan fingerprint density at radius 1 is 0.333 bits per heavy atom. The third kappa shape index (κ3) is 6.23. The van der Waals surface area contributed by atoms with Gasteiger partial charge in [-0.1, -0.05) is 178 Å². The van der Waals surface area contributed by atoms with E-state index in [1.165, 1.54) is 75.3 Å². The largest absolute Gasteiger partial charge is 0.228 e. The van der Waals surface area contributed by atoms with E-state index in [0.29, 0.717) is 5.82 Å². The van der Waals surface area contributed by atoms with Crippen LogP contribution < -0.4 is 0 Å². The molecule has 0 spiro atoms. The smallest absolute Gasteiger partial charge is 0.160 e. The second kappa shape index (κ2) is 15.1. The third-order valence-corrected chi connectivity index (χ3v) is 15.0. The van der Waals surface area contributed by atoms with E-state index in [9.17, 15) is 0 Å². The Bertz CT molecular complexity index is 3900. The van der Waals surface area contributed by atoms with E-state index in [2.05, 4.69) is 226 Å². The number of hydrogen-bond acceptors (Lipinski definition) is 3. The molecule has 310 valence electrons. The Kier molecular flexibility index (Phi) is 8.78. The number of hydrogen-bond donors (Lipinski definition) is 0. The molecule has 2 heterocycles. The zero-order valence-electron chi connectivity index (χ0n) is 36.6. The molecule has 0 saturated heterocycles. The summed E-state index contributed by atoms with van der Waals surface area (Å²) < 4.78 is 2.60. The lowest BCUT2D eigenvalue weighted by Crippen LogP contribution is -2.14. The van der Waals surface area contributed by atoms with Crippen molar-refractivity contribution in [2.45, 2.75) is 19.3 Å². The number of thiophene rings is 1. The average Bonchev–Trinajstić information content (AvgIpc) is 3.86. The van der Waals surface area contributed by atoms with Crippen molar-refractivity contribution in [3.63, 3.8) is 0 Å². The van der Waals surface area contributed by atoms with Crippen LogP contribution in [0.4, 0.5) is 0 Å². The topological polar surface area (TPSA) is 25.8 Å². The fraction of sp³-hybridized carbons (Fsp3) is 0.0476. The fourth-order valence-corrected chi connectivity index (χ4v) is 11.6. The van der Waals surface area contributed by atoms with Gasteiger partial charge in [0.25, 0.3) is 0 Å². The van der Waals surface area contributed by atoms with Crippen molar-refractivity contribution < 1.29 is 0 Å². The first-order valence-electron chi connectivity index (χ1n) is 22.7. The number of benzene rings is 10. The van der Waals surface area contributed by atoms with Crippen LogP contribution in [-0.4, -0.2) is 9.97 Å². The van der Waals surface area contributed by atoms with Crippen LogP contribution in [-0.2, 0) is 5.41 Å². The number of aromatic nitrogens is 2. The predicted molar refractivity (Wildman–Crippen MR) is 280 cm³/mol. The molecule has 1 aliphatic rings. The Labute approximate surface area is 388 Å². The highest BCUT2D eigenvalue weighted by Crippen LogP contribution is 2.54. The maximum atomic E-state index is 5.40. The van der Waals surface area contributed by atoms with Gasteiger partial charge in [-0.25, -0.2) is 9.97 Å². The van der Waals surface area contributed by atoms with Gasteiger partial charge in [0.15, 0.2) is 5.82 Å². The molecule has 2 nitrogen and oxygen atoms in total. The molecule has 13 rings (SSSR count). The first kappa shape index (κ1) is 38.5. The summed E-state index contributed by atoms with van der Waals surface area (Å²) in [5.41, 5.74) is 17.2. The van der Waals surface area contributed by atoms with Crippen LogP contribution in [0, 0.1) is 0 Å². The summed E-state index contributed by atoms with van der Waals surface area (Å²) in [6.45, 7) is 4.74. The SMILES string of the molecule is CC1(C)c2cc3ccccc3cc2-c2c(-c3ccc(-c4cc(-c5cc(-c6ccccc6)cc(-c6ccc7sc8ccccc8c7c6)c5)nc(-c5ccccc5)n4)c4ccccc34)cccc21. The Hall–Kier alpha value is -7.98. The molecule has 12 aromatic rings. The standard InChI is InChI=1S/C63H42N2S/c1-63(2)55-26-15-25-52(61(55)54-36-41-20-9-10-21-42(41)37-56(54)63)49-29-30-50(48-23-12-11-22-47(48)49)58-38-57(64-62(65-58)40-18-7-4-8-19-40)46-33-44(39-16-5-3-6-17-39)32-45(34-46)43-28-31-60-53(35-43)51-24-13-14-27-59(51)66-60/h3-38H,1-2H3. The zero-order chi connectivity index (χ0) is 43.9. The van der Waals surface area contributed by atoms with E-state index >= 15 is 0 Å². The Balaban J connectivity index is 1.01. The Morgan fingerprint density at radius 3 is 1.73 bits per heavy atom. The average molecular weight is 859 g/mol. The van der Waals surface area contributed by atoms with E-state index in [1.807, 2.05) is 17.4 Å². The van der Waals surface area contributed by atoms with Gasteiger partial charge in [0.1, 0.15) is 0 Å².